The molecule has 1 atom stereocenters. The van der Waals surface area contributed by atoms with E-state index in [9.17, 15) is 0 Å². The van der Waals surface area contributed by atoms with E-state index in [0.717, 1.165) is 26.1 Å². The molecule has 2 nitrogen and oxygen atoms in total. The number of aromatic amines is 1. The lowest BCUT2D eigenvalue weighted by molar-refractivity contribution is 0.649. The summed E-state index contributed by atoms with van der Waals surface area (Å²) in [6.07, 6.45) is 0. The molecule has 1 N–H and O–H groups in total. The fourth-order valence-electron chi connectivity index (χ4n) is 2.43. The minimum atomic E-state index is 0.0687. The average Bonchev–Trinajstić information content (AvgIpc) is 2.74. The number of nitrogens with one attached hydrogen (secondary N) is 1. The third-order valence-electron chi connectivity index (χ3n) is 3.42. The number of aromatic nitrogens is 2. The molecule has 0 radical (unpaired) electrons. The zero-order valence-electron chi connectivity index (χ0n) is 10.7. The molecule has 0 saturated heterocycles. The van der Waals surface area contributed by atoms with Gasteiger partial charge in [-0.15, -0.1) is 0 Å². The van der Waals surface area contributed by atoms with E-state index < -0.39 is 0 Å². The molecule has 0 amide bonds. The minimum Gasteiger partial charge on any atom is -0.331 e. The van der Waals surface area contributed by atoms with Crippen molar-refractivity contribution in [1.29, 1.82) is 0 Å². The maximum atomic E-state index is 6.30. The van der Waals surface area contributed by atoms with Crippen molar-refractivity contribution in [3.05, 3.63) is 62.3 Å². The summed E-state index contributed by atoms with van der Waals surface area (Å²) in [5.74, 6) is 0. The van der Waals surface area contributed by atoms with Gasteiger partial charge in [-0.2, -0.15) is 0 Å². The lowest BCUT2D eigenvalue weighted by Crippen LogP contribution is -2.07. The average molecular weight is 368 g/mol. The first-order valence-electron chi connectivity index (χ1n) is 6.22. The Bertz CT molecular complexity index is 837. The molecule has 0 fully saturated rings. The van der Waals surface area contributed by atoms with Crippen LogP contribution in [0.2, 0.25) is 5.02 Å². The summed E-state index contributed by atoms with van der Waals surface area (Å²) in [6, 6.07) is 14.0. The molecule has 5 heteroatoms. The van der Waals surface area contributed by atoms with Crippen molar-refractivity contribution in [2.45, 2.75) is 13.0 Å². The third-order valence-corrected chi connectivity index (χ3v) is 4.56. The maximum Gasteiger partial charge on any atom is 0.178 e. The first-order valence-corrected chi connectivity index (χ1v) is 7.80. The molecule has 0 saturated carbocycles. The molecule has 1 heterocycles. The SMILES string of the molecule is CC(c1ccccc1Cl)n1c(=S)[nH]c2ccc(Br)cc21. The molecule has 102 valence electrons. The van der Waals surface area contributed by atoms with E-state index >= 15 is 0 Å². The van der Waals surface area contributed by atoms with Crippen LogP contribution in [0.1, 0.15) is 18.5 Å². The molecule has 0 bridgehead atoms. The normalized spacial score (nSPS) is 12.8. The third kappa shape index (κ3) is 2.32. The van der Waals surface area contributed by atoms with E-state index in [4.69, 9.17) is 23.8 Å². The van der Waals surface area contributed by atoms with E-state index in [1.165, 1.54) is 0 Å². The molecule has 1 aromatic heterocycles. The number of hydrogen-bond donors (Lipinski definition) is 1. The highest BCUT2D eigenvalue weighted by atomic mass is 79.9. The fraction of sp³-hybridized carbons (Fsp3) is 0.133. The van der Waals surface area contributed by atoms with Crippen molar-refractivity contribution in [2.75, 3.05) is 0 Å². The Kier molecular flexibility index (Phi) is 3.71. The van der Waals surface area contributed by atoms with Gasteiger partial charge in [-0.3, -0.25) is 0 Å². The lowest BCUT2D eigenvalue weighted by atomic mass is 10.1. The first kappa shape index (κ1) is 13.9. The van der Waals surface area contributed by atoms with E-state index in [-0.39, 0.29) is 6.04 Å². The molecule has 2 aromatic carbocycles. The second-order valence-corrected chi connectivity index (χ2v) is 6.37. The number of H-pyrrole nitrogens is 1. The summed E-state index contributed by atoms with van der Waals surface area (Å²) in [7, 11) is 0. The number of fused-ring (bicyclic) bond motifs is 1. The second-order valence-electron chi connectivity index (χ2n) is 4.66. The number of hydrogen-bond acceptors (Lipinski definition) is 1. The van der Waals surface area contributed by atoms with Gasteiger partial charge in [-0.25, -0.2) is 0 Å². The zero-order valence-corrected chi connectivity index (χ0v) is 13.9. The van der Waals surface area contributed by atoms with E-state index in [0.29, 0.717) is 4.77 Å². The summed E-state index contributed by atoms with van der Waals surface area (Å²) < 4.78 is 3.82. The molecule has 0 aliphatic carbocycles. The molecular formula is C15H12BrClN2S. The first-order chi connectivity index (χ1) is 9.58. The highest BCUT2D eigenvalue weighted by molar-refractivity contribution is 9.10. The van der Waals surface area contributed by atoms with Gasteiger partial charge in [-0.05, 0) is 49.0 Å². The molecule has 0 aliphatic rings. The highest BCUT2D eigenvalue weighted by Crippen LogP contribution is 2.30. The Morgan fingerprint density at radius 1 is 1.25 bits per heavy atom. The fourth-order valence-corrected chi connectivity index (χ4v) is 3.44. The smallest absolute Gasteiger partial charge is 0.178 e. The van der Waals surface area contributed by atoms with Crippen LogP contribution in [-0.2, 0) is 0 Å². The molecule has 0 aliphatic heterocycles. The molecule has 20 heavy (non-hydrogen) atoms. The molecule has 1 unspecified atom stereocenters. The van der Waals surface area contributed by atoms with Crippen LogP contribution < -0.4 is 0 Å². The summed E-state index contributed by atoms with van der Waals surface area (Å²) in [5, 5.41) is 0.756. The summed E-state index contributed by atoms with van der Waals surface area (Å²) in [5.41, 5.74) is 3.15. The van der Waals surface area contributed by atoms with Gasteiger partial charge in [-0.1, -0.05) is 45.7 Å². The number of benzene rings is 2. The Labute approximate surface area is 135 Å². The maximum absolute atomic E-state index is 6.30. The van der Waals surface area contributed by atoms with Crippen molar-refractivity contribution in [3.63, 3.8) is 0 Å². The van der Waals surface area contributed by atoms with Crippen LogP contribution in [0.4, 0.5) is 0 Å². The van der Waals surface area contributed by atoms with E-state index in [1.54, 1.807) is 0 Å². The van der Waals surface area contributed by atoms with Crippen molar-refractivity contribution in [2.24, 2.45) is 0 Å². The van der Waals surface area contributed by atoms with E-state index in [1.807, 2.05) is 36.4 Å². The second kappa shape index (κ2) is 5.35. The van der Waals surface area contributed by atoms with Gasteiger partial charge in [0.25, 0.3) is 0 Å². The monoisotopic (exact) mass is 366 g/mol. The number of imidazole rings is 1. The van der Waals surface area contributed by atoms with Crippen LogP contribution in [0.15, 0.2) is 46.9 Å². The summed E-state index contributed by atoms with van der Waals surface area (Å²) in [6.45, 7) is 2.10. The Hall–Kier alpha value is -1.10. The van der Waals surface area contributed by atoms with Gasteiger partial charge in [0.1, 0.15) is 0 Å². The van der Waals surface area contributed by atoms with Crippen LogP contribution >= 0.6 is 39.7 Å². The quantitative estimate of drug-likeness (QED) is 0.574. The topological polar surface area (TPSA) is 20.7 Å². The van der Waals surface area contributed by atoms with Crippen molar-refractivity contribution in [1.82, 2.24) is 9.55 Å². The van der Waals surface area contributed by atoms with Crippen molar-refractivity contribution >= 4 is 50.8 Å². The van der Waals surface area contributed by atoms with Gasteiger partial charge < -0.3 is 9.55 Å². The molecule has 0 spiro atoms. The van der Waals surface area contributed by atoms with Gasteiger partial charge in [0, 0.05) is 9.50 Å². The minimum absolute atomic E-state index is 0.0687. The lowest BCUT2D eigenvalue weighted by Gasteiger charge is -2.16. The van der Waals surface area contributed by atoms with Gasteiger partial charge in [0.15, 0.2) is 4.77 Å². The number of nitrogens with zero attached hydrogens (tertiary/aromatic N) is 1. The largest absolute Gasteiger partial charge is 0.331 e. The zero-order chi connectivity index (χ0) is 14.3. The predicted octanol–water partition coefficient (Wildman–Crippen LogP) is 5.72. The predicted molar refractivity (Wildman–Crippen MR) is 90.1 cm³/mol. The molecular weight excluding hydrogens is 356 g/mol. The van der Waals surface area contributed by atoms with Crippen LogP contribution in [0.5, 0.6) is 0 Å². The number of rotatable bonds is 2. The summed E-state index contributed by atoms with van der Waals surface area (Å²) >= 11 is 15.3. The van der Waals surface area contributed by atoms with Crippen molar-refractivity contribution in [3.8, 4) is 0 Å². The Morgan fingerprint density at radius 3 is 2.75 bits per heavy atom. The highest BCUT2D eigenvalue weighted by Gasteiger charge is 2.15. The molecule has 3 rings (SSSR count). The Morgan fingerprint density at radius 2 is 2.00 bits per heavy atom. The molecule has 3 aromatic rings. The van der Waals surface area contributed by atoms with Crippen LogP contribution in [0, 0.1) is 4.77 Å². The van der Waals surface area contributed by atoms with Crippen LogP contribution in [-0.4, -0.2) is 9.55 Å². The van der Waals surface area contributed by atoms with Crippen molar-refractivity contribution < 1.29 is 0 Å². The van der Waals surface area contributed by atoms with Gasteiger partial charge in [0.2, 0.25) is 0 Å². The standard InChI is InChI=1S/C15H12BrClN2S/c1-9(11-4-2-3-5-12(11)17)19-14-8-10(16)6-7-13(14)18-15(19)20/h2-9H,1H3,(H,18,20). The Balaban J connectivity index is 2.24. The summed E-state index contributed by atoms with van der Waals surface area (Å²) in [4.78, 5) is 3.24. The van der Waals surface area contributed by atoms with Gasteiger partial charge >= 0.3 is 0 Å². The van der Waals surface area contributed by atoms with Gasteiger partial charge in [0.05, 0.1) is 17.1 Å². The van der Waals surface area contributed by atoms with Crippen LogP contribution in [0.25, 0.3) is 11.0 Å². The number of halogens is 2. The van der Waals surface area contributed by atoms with E-state index in [2.05, 4.69) is 38.5 Å². The van der Waals surface area contributed by atoms with Crippen LogP contribution in [0.3, 0.4) is 0 Å².